The Morgan fingerprint density at radius 1 is 1.43 bits per heavy atom. The van der Waals surface area contributed by atoms with Gasteiger partial charge in [-0.05, 0) is 6.92 Å². The van der Waals surface area contributed by atoms with Crippen molar-refractivity contribution in [3.8, 4) is 0 Å². The molecular weight excluding hydrogens is 188 g/mol. The van der Waals surface area contributed by atoms with Crippen LogP contribution in [0.15, 0.2) is 4.63 Å². The van der Waals surface area contributed by atoms with Crippen molar-refractivity contribution in [2.75, 3.05) is 37.8 Å². The summed E-state index contributed by atoms with van der Waals surface area (Å²) in [6.45, 7) is 5.08. The van der Waals surface area contributed by atoms with Gasteiger partial charge in [-0.15, -0.1) is 0 Å². The van der Waals surface area contributed by atoms with Gasteiger partial charge in [0.1, 0.15) is 0 Å². The van der Waals surface area contributed by atoms with Gasteiger partial charge in [0, 0.05) is 18.1 Å². The first-order valence-corrected chi connectivity index (χ1v) is 4.70. The van der Waals surface area contributed by atoms with Gasteiger partial charge in [0.05, 0.1) is 19.7 Å². The number of nitrogens with one attached hydrogen (secondary N) is 1. The highest BCUT2D eigenvalue weighted by molar-refractivity contribution is 5.67. The Labute approximate surface area is 81.0 Å². The number of H-pyrrole nitrogens is 1. The molecule has 7 heteroatoms. The predicted octanol–water partition coefficient (Wildman–Crippen LogP) is -0.181. The van der Waals surface area contributed by atoms with Gasteiger partial charge in [0.2, 0.25) is 0 Å². The van der Waals surface area contributed by atoms with Crippen LogP contribution in [-0.4, -0.2) is 54.0 Å². The third-order valence-electron chi connectivity index (χ3n) is 2.21. The van der Waals surface area contributed by atoms with E-state index in [-0.39, 0.29) is 6.09 Å². The average molecular weight is 202 g/mol. The third-order valence-corrected chi connectivity index (χ3v) is 2.21. The van der Waals surface area contributed by atoms with Crippen molar-refractivity contribution in [2.24, 2.45) is 0 Å². The zero-order chi connectivity index (χ0) is 9.97. The van der Waals surface area contributed by atoms with Gasteiger partial charge in [0.25, 0.3) is 0 Å². The quantitative estimate of drug-likeness (QED) is 0.722. The summed E-state index contributed by atoms with van der Waals surface area (Å²) in [5.74, 6) is 0. The van der Waals surface area contributed by atoms with Gasteiger partial charge in [-0.2, -0.15) is 0 Å². The molecule has 1 aromatic rings. The van der Waals surface area contributed by atoms with Crippen LogP contribution in [0.25, 0.3) is 0 Å². The molecule has 1 aliphatic rings. The first kappa shape index (κ1) is 9.04. The minimum atomic E-state index is -0.230. The maximum absolute atomic E-state index is 11.3. The number of nitrogens with zero attached hydrogens (tertiary/aromatic N) is 3. The molecule has 1 N–H and O–H groups in total. The molecule has 0 bridgehead atoms. The number of ether oxygens (including phenoxy) is 1. The summed E-state index contributed by atoms with van der Waals surface area (Å²) in [6, 6.07) is 0. The van der Waals surface area contributed by atoms with Crippen molar-refractivity contribution < 1.29 is 14.2 Å². The minimum Gasteiger partial charge on any atom is -0.450 e. The normalized spacial score (nSPS) is 17.5. The molecule has 0 atom stereocenters. The predicted molar refractivity (Wildman–Crippen MR) is 47.6 cm³/mol. The number of piperazine rings is 1. The van der Waals surface area contributed by atoms with Crippen LogP contribution in [-0.2, 0) is 4.74 Å². The molecule has 0 radical (unpaired) electrons. The van der Waals surface area contributed by atoms with E-state index in [2.05, 4.69) is 5.27 Å². The van der Waals surface area contributed by atoms with E-state index in [0.29, 0.717) is 19.7 Å². The van der Waals surface area contributed by atoms with Crippen LogP contribution in [0.5, 0.6) is 0 Å². The van der Waals surface area contributed by atoms with Gasteiger partial charge in [-0.3, -0.25) is 5.01 Å². The summed E-state index contributed by atoms with van der Waals surface area (Å²) in [6.07, 6.45) is -0.230. The van der Waals surface area contributed by atoms with E-state index in [1.165, 1.54) is 0 Å². The standard InChI is InChI=1S/C7H14N4O3/c1-2-13-7(12)9-3-5-10(6-4-9)11-8-14-11/h8H,2-6H2,1H3. The van der Waals surface area contributed by atoms with Crippen molar-refractivity contribution in [2.45, 2.75) is 6.92 Å². The molecule has 2 heterocycles. The van der Waals surface area contributed by atoms with Crippen molar-refractivity contribution in [3.05, 3.63) is 0 Å². The van der Waals surface area contributed by atoms with Crippen LogP contribution in [0.2, 0.25) is 0 Å². The molecule has 1 aliphatic heterocycles. The number of hydrogen-bond donors (Lipinski definition) is 1. The second-order valence-corrected chi connectivity index (χ2v) is 3.10. The smallest absolute Gasteiger partial charge is 0.409 e. The van der Waals surface area contributed by atoms with Crippen LogP contribution in [0.1, 0.15) is 6.92 Å². The molecule has 0 spiro atoms. The van der Waals surface area contributed by atoms with Crippen LogP contribution in [0.4, 0.5) is 4.79 Å². The van der Waals surface area contributed by atoms with Gasteiger partial charge >= 0.3 is 6.09 Å². The van der Waals surface area contributed by atoms with Crippen LogP contribution < -0.4 is 5.01 Å². The Morgan fingerprint density at radius 3 is 2.57 bits per heavy atom. The first-order chi connectivity index (χ1) is 6.81. The van der Waals surface area contributed by atoms with Crippen LogP contribution in [0.3, 0.4) is 0 Å². The Morgan fingerprint density at radius 2 is 2.07 bits per heavy atom. The molecule has 1 amide bonds. The number of carbonyl (C=O) groups excluding carboxylic acids is 1. The molecule has 7 nitrogen and oxygen atoms in total. The average Bonchev–Trinajstić information content (AvgIpc) is 3.02. The Bertz CT molecular complexity index is 273. The maximum atomic E-state index is 11.3. The maximum Gasteiger partial charge on any atom is 0.409 e. The van der Waals surface area contributed by atoms with Crippen molar-refractivity contribution in [1.29, 1.82) is 0 Å². The van der Waals surface area contributed by atoms with Crippen LogP contribution >= 0.6 is 0 Å². The lowest BCUT2D eigenvalue weighted by Crippen LogP contribution is -2.51. The third kappa shape index (κ3) is 1.86. The summed E-state index contributed by atoms with van der Waals surface area (Å²) in [5, 5.41) is 4.58. The number of carbonyl (C=O) groups is 1. The molecule has 0 unspecified atom stereocenters. The van der Waals surface area contributed by atoms with Gasteiger partial charge in [0.15, 0.2) is 0 Å². The van der Waals surface area contributed by atoms with Crippen molar-refractivity contribution in [3.63, 3.8) is 0 Å². The van der Waals surface area contributed by atoms with E-state index in [0.717, 1.165) is 13.1 Å². The van der Waals surface area contributed by atoms with Crippen LogP contribution in [0, 0.1) is 0 Å². The van der Waals surface area contributed by atoms with E-state index in [1.54, 1.807) is 9.86 Å². The minimum absolute atomic E-state index is 0.230. The van der Waals surface area contributed by atoms with E-state index < -0.39 is 0 Å². The summed E-state index contributed by atoms with van der Waals surface area (Å²) >= 11 is 0. The summed E-state index contributed by atoms with van der Waals surface area (Å²) in [5.41, 5.74) is 0. The molecule has 1 aromatic heterocycles. The molecule has 2 rings (SSSR count). The Kier molecular flexibility index (Phi) is 2.38. The second kappa shape index (κ2) is 3.69. The monoisotopic (exact) mass is 202 g/mol. The topological polar surface area (TPSA) is 66.6 Å². The Balaban J connectivity index is 1.78. The molecule has 1 saturated heterocycles. The van der Waals surface area contributed by atoms with Gasteiger partial charge in [-0.25, -0.2) is 9.42 Å². The number of aromatic amines is 1. The number of amides is 1. The van der Waals surface area contributed by atoms with E-state index in [1.807, 2.05) is 11.9 Å². The summed E-state index contributed by atoms with van der Waals surface area (Å²) in [7, 11) is 0. The molecular formula is C7H14N4O3. The SMILES string of the molecule is CCOC(=O)N1CCN(n2[nH]o2)CC1. The fourth-order valence-electron chi connectivity index (χ4n) is 1.41. The molecule has 1 fully saturated rings. The largest absolute Gasteiger partial charge is 0.450 e. The lowest BCUT2D eigenvalue weighted by molar-refractivity contribution is 0.102. The molecule has 80 valence electrons. The highest BCUT2D eigenvalue weighted by Gasteiger charge is 2.23. The van der Waals surface area contributed by atoms with E-state index in [9.17, 15) is 4.79 Å². The molecule has 0 saturated carbocycles. The van der Waals surface area contributed by atoms with E-state index >= 15 is 0 Å². The Hall–Kier alpha value is -1.53. The number of hydrogen-bond acceptors (Lipinski definition) is 4. The molecule has 0 aromatic carbocycles. The fourth-order valence-corrected chi connectivity index (χ4v) is 1.41. The summed E-state index contributed by atoms with van der Waals surface area (Å²) in [4.78, 5) is 14.6. The molecule has 0 aliphatic carbocycles. The summed E-state index contributed by atoms with van der Waals surface area (Å²) < 4.78 is 9.67. The lowest BCUT2D eigenvalue weighted by atomic mass is 10.4. The molecule has 14 heavy (non-hydrogen) atoms. The number of aromatic nitrogens is 2. The number of rotatable bonds is 2. The fraction of sp³-hybridized carbons (Fsp3) is 0.857. The zero-order valence-electron chi connectivity index (χ0n) is 8.10. The highest BCUT2D eigenvalue weighted by atomic mass is 16.8. The highest BCUT2D eigenvalue weighted by Crippen LogP contribution is 2.03. The van der Waals surface area contributed by atoms with E-state index in [4.69, 9.17) is 9.37 Å². The van der Waals surface area contributed by atoms with Gasteiger partial charge < -0.3 is 9.64 Å². The van der Waals surface area contributed by atoms with Gasteiger partial charge in [-0.1, -0.05) is 5.27 Å². The van der Waals surface area contributed by atoms with Crippen molar-refractivity contribution in [1.82, 2.24) is 15.1 Å². The van der Waals surface area contributed by atoms with Crippen molar-refractivity contribution >= 4 is 6.09 Å². The first-order valence-electron chi connectivity index (χ1n) is 4.70. The lowest BCUT2D eigenvalue weighted by Gasteiger charge is -2.31. The zero-order valence-corrected chi connectivity index (χ0v) is 8.10. The second-order valence-electron chi connectivity index (χ2n) is 3.10.